The van der Waals surface area contributed by atoms with Crippen LogP contribution in [0.3, 0.4) is 0 Å². The summed E-state index contributed by atoms with van der Waals surface area (Å²) in [6.45, 7) is 4.00. The molecule has 0 aliphatic rings. The number of hydrogen-bond donors (Lipinski definition) is 0. The average Bonchev–Trinajstić information content (AvgIpc) is 3.06. The summed E-state index contributed by atoms with van der Waals surface area (Å²) < 4.78 is 1.67. The maximum Gasteiger partial charge on any atom is 0.266 e. The fraction of sp³-hybridized carbons (Fsp3) is 0.150. The van der Waals surface area contributed by atoms with Crippen LogP contribution in [0.2, 0.25) is 5.02 Å². The van der Waals surface area contributed by atoms with Crippen molar-refractivity contribution in [2.45, 2.75) is 24.8 Å². The van der Waals surface area contributed by atoms with Gasteiger partial charge in [-0.1, -0.05) is 41.1 Å². The first-order valence-electron chi connectivity index (χ1n) is 8.34. The Kier molecular flexibility index (Phi) is 5.04. The van der Waals surface area contributed by atoms with Gasteiger partial charge in [0.15, 0.2) is 5.16 Å². The van der Waals surface area contributed by atoms with Crippen LogP contribution in [0.15, 0.2) is 57.8 Å². The van der Waals surface area contributed by atoms with Gasteiger partial charge in [-0.2, -0.15) is 0 Å². The third kappa shape index (κ3) is 3.78. The number of aromatic nitrogens is 3. The first-order valence-corrected chi connectivity index (χ1v) is 10.6. The zero-order chi connectivity index (χ0) is 19.0. The Balaban J connectivity index is 1.86. The number of nitrogens with zero attached hydrogens (tertiary/aromatic N) is 3. The van der Waals surface area contributed by atoms with Gasteiger partial charge in [0.2, 0.25) is 0 Å². The van der Waals surface area contributed by atoms with E-state index in [1.165, 1.54) is 11.8 Å². The zero-order valence-corrected chi connectivity index (χ0v) is 17.2. The minimum absolute atomic E-state index is 0.0996. The van der Waals surface area contributed by atoms with Crippen molar-refractivity contribution >= 4 is 45.6 Å². The highest BCUT2D eigenvalue weighted by molar-refractivity contribution is 7.98. The molecule has 2 aromatic heterocycles. The quantitative estimate of drug-likeness (QED) is 0.331. The highest BCUT2D eigenvalue weighted by atomic mass is 35.5. The highest BCUT2D eigenvalue weighted by Gasteiger charge is 2.14. The SMILES string of the molecule is Cc1ccc(-n2c(SCc3csc(C)n3)nc3cc(Cl)ccc3c2=O)cc1. The Hall–Kier alpha value is -2.15. The van der Waals surface area contributed by atoms with Crippen molar-refractivity contribution < 1.29 is 0 Å². The molecule has 2 aromatic carbocycles. The van der Waals surface area contributed by atoms with Crippen LogP contribution in [0.25, 0.3) is 16.6 Å². The molecule has 7 heteroatoms. The van der Waals surface area contributed by atoms with Crippen molar-refractivity contribution in [2.24, 2.45) is 0 Å². The van der Waals surface area contributed by atoms with E-state index in [1.807, 2.05) is 43.5 Å². The van der Waals surface area contributed by atoms with Crippen LogP contribution < -0.4 is 5.56 Å². The minimum Gasteiger partial charge on any atom is -0.268 e. The van der Waals surface area contributed by atoms with Gasteiger partial charge in [0.1, 0.15) is 0 Å². The second kappa shape index (κ2) is 7.46. The summed E-state index contributed by atoms with van der Waals surface area (Å²) in [4.78, 5) is 22.4. The molecule has 0 atom stereocenters. The van der Waals surface area contributed by atoms with Crippen LogP contribution in [0.4, 0.5) is 0 Å². The van der Waals surface area contributed by atoms with E-state index in [0.29, 0.717) is 26.8 Å². The standard InChI is InChI=1S/C20H16ClN3OS2/c1-12-3-6-16(7-4-12)24-19(25)17-8-5-14(21)9-18(17)23-20(24)27-11-15-10-26-13(2)22-15/h3-10H,11H2,1-2H3. The van der Waals surface area contributed by atoms with Gasteiger partial charge in [-0.15, -0.1) is 11.3 Å². The van der Waals surface area contributed by atoms with Crippen LogP contribution in [-0.4, -0.2) is 14.5 Å². The van der Waals surface area contributed by atoms with E-state index >= 15 is 0 Å². The summed E-state index contributed by atoms with van der Waals surface area (Å²) in [6, 6.07) is 13.1. The molecule has 4 nitrogen and oxygen atoms in total. The summed E-state index contributed by atoms with van der Waals surface area (Å²) in [7, 11) is 0. The van der Waals surface area contributed by atoms with Crippen molar-refractivity contribution in [1.82, 2.24) is 14.5 Å². The van der Waals surface area contributed by atoms with Crippen molar-refractivity contribution in [1.29, 1.82) is 0 Å². The summed E-state index contributed by atoms with van der Waals surface area (Å²) in [5.41, 5.74) is 3.43. The van der Waals surface area contributed by atoms with E-state index < -0.39 is 0 Å². The maximum absolute atomic E-state index is 13.2. The van der Waals surface area contributed by atoms with Gasteiger partial charge in [-0.3, -0.25) is 9.36 Å². The second-order valence-electron chi connectivity index (χ2n) is 6.18. The highest BCUT2D eigenvalue weighted by Crippen LogP contribution is 2.26. The Morgan fingerprint density at radius 3 is 2.59 bits per heavy atom. The predicted molar refractivity (Wildman–Crippen MR) is 113 cm³/mol. The lowest BCUT2D eigenvalue weighted by Crippen LogP contribution is -2.21. The van der Waals surface area contributed by atoms with Gasteiger partial charge in [0.25, 0.3) is 5.56 Å². The van der Waals surface area contributed by atoms with E-state index in [0.717, 1.165) is 22.0 Å². The van der Waals surface area contributed by atoms with Crippen molar-refractivity contribution in [3.8, 4) is 5.69 Å². The predicted octanol–water partition coefficient (Wildman–Crippen LogP) is 5.40. The molecular weight excluding hydrogens is 398 g/mol. The lowest BCUT2D eigenvalue weighted by atomic mass is 10.2. The Bertz CT molecular complexity index is 1180. The molecule has 0 aliphatic carbocycles. The Morgan fingerprint density at radius 1 is 1.11 bits per heavy atom. The fourth-order valence-electron chi connectivity index (χ4n) is 2.77. The molecule has 27 heavy (non-hydrogen) atoms. The fourth-order valence-corrected chi connectivity index (χ4v) is 4.56. The van der Waals surface area contributed by atoms with E-state index in [-0.39, 0.29) is 5.56 Å². The first kappa shape index (κ1) is 18.2. The van der Waals surface area contributed by atoms with Gasteiger partial charge in [0.05, 0.1) is 27.3 Å². The van der Waals surface area contributed by atoms with Crippen LogP contribution >= 0.6 is 34.7 Å². The largest absolute Gasteiger partial charge is 0.268 e. The summed E-state index contributed by atoms with van der Waals surface area (Å²) in [6.07, 6.45) is 0. The number of aryl methyl sites for hydroxylation is 2. The van der Waals surface area contributed by atoms with Crippen molar-refractivity contribution in [3.63, 3.8) is 0 Å². The van der Waals surface area contributed by atoms with Crippen molar-refractivity contribution in [3.05, 3.63) is 79.5 Å². The van der Waals surface area contributed by atoms with Crippen LogP contribution in [0, 0.1) is 13.8 Å². The molecule has 0 saturated heterocycles. The molecular formula is C20H16ClN3OS2. The van der Waals surface area contributed by atoms with E-state index in [1.54, 1.807) is 34.1 Å². The molecule has 0 spiro atoms. The number of fused-ring (bicyclic) bond motifs is 1. The van der Waals surface area contributed by atoms with E-state index in [2.05, 4.69) is 4.98 Å². The van der Waals surface area contributed by atoms with Gasteiger partial charge in [0, 0.05) is 16.2 Å². The molecule has 0 aliphatic heterocycles. The molecule has 0 bridgehead atoms. The third-order valence-corrected chi connectivity index (χ3v) is 6.14. The molecule has 4 aromatic rings. The first-order chi connectivity index (χ1) is 13.0. The molecule has 0 amide bonds. The van der Waals surface area contributed by atoms with Crippen LogP contribution in [0.5, 0.6) is 0 Å². The molecule has 0 unspecified atom stereocenters. The normalized spacial score (nSPS) is 11.2. The van der Waals surface area contributed by atoms with E-state index in [9.17, 15) is 4.79 Å². The summed E-state index contributed by atoms with van der Waals surface area (Å²) in [5, 5.41) is 4.81. The molecule has 0 saturated carbocycles. The molecule has 0 fully saturated rings. The smallest absolute Gasteiger partial charge is 0.266 e. The zero-order valence-electron chi connectivity index (χ0n) is 14.8. The molecule has 4 rings (SSSR count). The topological polar surface area (TPSA) is 47.8 Å². The Morgan fingerprint density at radius 2 is 1.89 bits per heavy atom. The van der Waals surface area contributed by atoms with E-state index in [4.69, 9.17) is 16.6 Å². The number of thioether (sulfide) groups is 1. The molecule has 2 heterocycles. The monoisotopic (exact) mass is 413 g/mol. The van der Waals surface area contributed by atoms with Crippen molar-refractivity contribution in [2.75, 3.05) is 0 Å². The molecule has 0 N–H and O–H groups in total. The Labute approximate surface area is 169 Å². The van der Waals surface area contributed by atoms with Crippen LogP contribution in [-0.2, 0) is 5.75 Å². The van der Waals surface area contributed by atoms with Gasteiger partial charge >= 0.3 is 0 Å². The molecule has 136 valence electrons. The van der Waals surface area contributed by atoms with Gasteiger partial charge in [-0.25, -0.2) is 9.97 Å². The lowest BCUT2D eigenvalue weighted by Gasteiger charge is -2.13. The number of halogens is 1. The number of rotatable bonds is 4. The molecule has 0 radical (unpaired) electrons. The average molecular weight is 414 g/mol. The maximum atomic E-state index is 13.2. The van der Waals surface area contributed by atoms with Gasteiger partial charge in [-0.05, 0) is 44.2 Å². The lowest BCUT2D eigenvalue weighted by molar-refractivity contribution is 0.819. The minimum atomic E-state index is -0.0996. The summed E-state index contributed by atoms with van der Waals surface area (Å²) >= 11 is 9.23. The third-order valence-electron chi connectivity index (χ3n) is 4.11. The van der Waals surface area contributed by atoms with Crippen LogP contribution in [0.1, 0.15) is 16.3 Å². The summed E-state index contributed by atoms with van der Waals surface area (Å²) in [5.74, 6) is 0.648. The number of benzene rings is 2. The van der Waals surface area contributed by atoms with Gasteiger partial charge < -0.3 is 0 Å². The second-order valence-corrected chi connectivity index (χ2v) is 8.62. The number of thiazole rings is 1. The number of hydrogen-bond acceptors (Lipinski definition) is 5.